The average Bonchev–Trinajstić information content (AvgIpc) is 3.51. The van der Waals surface area contributed by atoms with E-state index in [2.05, 4.69) is 37.5 Å². The van der Waals surface area contributed by atoms with Crippen LogP contribution in [0.15, 0.2) is 0 Å². The number of piperazine rings is 1. The number of rotatable bonds is 11. The number of ketones is 1. The SMILES string of the molecule is CCN(CC)c1nc(N(CC)CC)nc(N2CCN(C(=O)OCC(=O)OC3C(=O)C(OC(C)(C)C)C(=O)N4CCCC34)CC2)n1. The second kappa shape index (κ2) is 14.6. The minimum atomic E-state index is -1.34. The molecule has 4 rings (SSSR count). The number of hydrogen-bond acceptors (Lipinski definition) is 13. The number of esters is 1. The third kappa shape index (κ3) is 7.92. The summed E-state index contributed by atoms with van der Waals surface area (Å²) >= 11 is 0. The van der Waals surface area contributed by atoms with Crippen molar-refractivity contribution in [2.24, 2.45) is 0 Å². The molecular weight excluding hydrogens is 584 g/mol. The molecule has 0 saturated carbocycles. The molecule has 0 aliphatic carbocycles. The van der Waals surface area contributed by atoms with Gasteiger partial charge in [-0.3, -0.25) is 9.59 Å². The summed E-state index contributed by atoms with van der Waals surface area (Å²) in [5, 5.41) is 0. The molecule has 3 saturated heterocycles. The minimum absolute atomic E-state index is 0.340. The number of fused-ring (bicyclic) bond motifs is 1. The zero-order valence-electron chi connectivity index (χ0n) is 27.7. The van der Waals surface area contributed by atoms with Crippen LogP contribution >= 0.6 is 0 Å². The van der Waals surface area contributed by atoms with Gasteiger partial charge in [0.05, 0.1) is 11.6 Å². The fourth-order valence-electron chi connectivity index (χ4n) is 5.85. The van der Waals surface area contributed by atoms with Gasteiger partial charge >= 0.3 is 12.1 Å². The molecule has 2 amide bonds. The number of Topliss-reactive ketones (excluding diaryl/α,β-unsaturated/α-hetero) is 1. The summed E-state index contributed by atoms with van der Waals surface area (Å²) in [6, 6.07) is -0.544. The van der Waals surface area contributed by atoms with Crippen molar-refractivity contribution in [3.05, 3.63) is 0 Å². The molecule has 15 heteroatoms. The summed E-state index contributed by atoms with van der Waals surface area (Å²) in [5.74, 6) is -0.0542. The molecule has 1 aromatic rings. The second-order valence-electron chi connectivity index (χ2n) is 12.3. The molecule has 250 valence electrons. The van der Waals surface area contributed by atoms with Gasteiger partial charge in [-0.2, -0.15) is 15.0 Å². The van der Waals surface area contributed by atoms with E-state index in [0.717, 1.165) is 26.2 Å². The first-order valence-corrected chi connectivity index (χ1v) is 16.0. The van der Waals surface area contributed by atoms with Gasteiger partial charge in [-0.1, -0.05) is 0 Å². The Hall–Kier alpha value is -3.75. The molecule has 3 unspecified atom stereocenters. The van der Waals surface area contributed by atoms with Crippen LogP contribution in [0.4, 0.5) is 22.6 Å². The van der Waals surface area contributed by atoms with Crippen LogP contribution < -0.4 is 14.7 Å². The Bertz CT molecular complexity index is 1190. The quantitative estimate of drug-likeness (QED) is 0.256. The topological polar surface area (TPSA) is 151 Å². The largest absolute Gasteiger partial charge is 0.449 e. The van der Waals surface area contributed by atoms with Crippen LogP contribution in [0.5, 0.6) is 0 Å². The summed E-state index contributed by atoms with van der Waals surface area (Å²) in [5.41, 5.74) is -0.749. The summed E-state index contributed by atoms with van der Waals surface area (Å²) in [4.78, 5) is 75.2. The molecule has 0 radical (unpaired) electrons. The maximum atomic E-state index is 13.2. The van der Waals surface area contributed by atoms with Gasteiger partial charge in [0, 0.05) is 58.9 Å². The third-order valence-electron chi connectivity index (χ3n) is 8.25. The molecular formula is C30H48N8O7. The lowest BCUT2D eigenvalue weighted by Gasteiger charge is -2.40. The van der Waals surface area contributed by atoms with Crippen molar-refractivity contribution in [2.75, 3.05) is 80.2 Å². The molecule has 4 heterocycles. The van der Waals surface area contributed by atoms with Gasteiger partial charge < -0.3 is 38.7 Å². The van der Waals surface area contributed by atoms with Gasteiger partial charge in [-0.15, -0.1) is 0 Å². The number of hydrogen-bond donors (Lipinski definition) is 0. The van der Waals surface area contributed by atoms with Gasteiger partial charge in [-0.05, 0) is 61.3 Å². The first-order chi connectivity index (χ1) is 21.4. The Balaban J connectivity index is 1.34. The van der Waals surface area contributed by atoms with E-state index in [1.807, 2.05) is 4.90 Å². The van der Waals surface area contributed by atoms with Crippen LogP contribution in [0.3, 0.4) is 0 Å². The number of nitrogens with zero attached hydrogens (tertiary/aromatic N) is 8. The lowest BCUT2D eigenvalue weighted by atomic mass is 9.94. The van der Waals surface area contributed by atoms with Crippen molar-refractivity contribution in [2.45, 2.75) is 85.2 Å². The Morgan fingerprint density at radius 3 is 1.98 bits per heavy atom. The normalized spacial score (nSPS) is 21.9. The maximum Gasteiger partial charge on any atom is 0.410 e. The van der Waals surface area contributed by atoms with Gasteiger partial charge in [0.2, 0.25) is 23.6 Å². The van der Waals surface area contributed by atoms with E-state index in [9.17, 15) is 19.2 Å². The second-order valence-corrected chi connectivity index (χ2v) is 12.3. The van der Waals surface area contributed by atoms with E-state index < -0.39 is 54.2 Å². The highest BCUT2D eigenvalue weighted by Crippen LogP contribution is 2.31. The highest BCUT2D eigenvalue weighted by molar-refractivity contribution is 6.09. The smallest absolute Gasteiger partial charge is 0.410 e. The standard InChI is InChI=1S/C30H48N8O7/c1-8-34(9-2)26-31-27(35(10-3)11-4)33-28(32-26)36-15-17-37(18-16-36)29(42)43-19-21(39)44-23-20-13-12-14-38(20)25(41)24(22(23)40)45-30(5,6)7/h20,23-24H,8-19H2,1-7H3. The monoisotopic (exact) mass is 632 g/mol. The van der Waals surface area contributed by atoms with E-state index in [1.54, 1.807) is 25.7 Å². The summed E-state index contributed by atoms with van der Waals surface area (Å²) in [6.45, 7) is 18.0. The number of aromatic nitrogens is 3. The van der Waals surface area contributed by atoms with Crippen LogP contribution in [0.25, 0.3) is 0 Å². The highest BCUT2D eigenvalue weighted by atomic mass is 16.6. The van der Waals surface area contributed by atoms with E-state index in [-0.39, 0.29) is 0 Å². The fourth-order valence-corrected chi connectivity index (χ4v) is 5.85. The molecule has 3 aliphatic rings. The van der Waals surface area contributed by atoms with E-state index in [1.165, 1.54) is 4.90 Å². The predicted molar refractivity (Wildman–Crippen MR) is 166 cm³/mol. The molecule has 0 bridgehead atoms. The van der Waals surface area contributed by atoms with Crippen LogP contribution in [-0.2, 0) is 28.6 Å². The summed E-state index contributed by atoms with van der Waals surface area (Å²) in [6.07, 6.45) is -1.94. The van der Waals surface area contributed by atoms with Crippen molar-refractivity contribution in [3.63, 3.8) is 0 Å². The van der Waals surface area contributed by atoms with Crippen LogP contribution in [0.2, 0.25) is 0 Å². The van der Waals surface area contributed by atoms with E-state index >= 15 is 0 Å². The molecule has 0 N–H and O–H groups in total. The lowest BCUT2D eigenvalue weighted by Crippen LogP contribution is -2.63. The first kappa shape index (κ1) is 34.1. The molecule has 3 atom stereocenters. The zero-order chi connectivity index (χ0) is 32.9. The Morgan fingerprint density at radius 1 is 0.867 bits per heavy atom. The lowest BCUT2D eigenvalue weighted by molar-refractivity contribution is -0.185. The summed E-state index contributed by atoms with van der Waals surface area (Å²) in [7, 11) is 0. The van der Waals surface area contributed by atoms with Crippen molar-refractivity contribution in [3.8, 4) is 0 Å². The first-order valence-electron chi connectivity index (χ1n) is 16.0. The number of ether oxygens (including phenoxy) is 3. The third-order valence-corrected chi connectivity index (χ3v) is 8.25. The molecule has 1 aromatic heterocycles. The molecule has 0 aromatic carbocycles. The number of carbonyl (C=O) groups is 4. The molecule has 45 heavy (non-hydrogen) atoms. The Kier molecular flexibility index (Phi) is 11.0. The fraction of sp³-hybridized carbons (Fsp3) is 0.767. The molecule has 3 fully saturated rings. The number of amides is 2. The molecule has 15 nitrogen and oxygen atoms in total. The molecule has 3 aliphatic heterocycles. The van der Waals surface area contributed by atoms with Crippen molar-refractivity contribution in [1.82, 2.24) is 24.8 Å². The maximum absolute atomic E-state index is 13.2. The van der Waals surface area contributed by atoms with Gasteiger partial charge in [0.1, 0.15) is 0 Å². The Labute approximate surface area is 265 Å². The number of piperidine rings is 1. The van der Waals surface area contributed by atoms with Crippen molar-refractivity contribution in [1.29, 1.82) is 0 Å². The predicted octanol–water partition coefficient (Wildman–Crippen LogP) is 1.49. The summed E-state index contributed by atoms with van der Waals surface area (Å²) < 4.78 is 16.6. The van der Waals surface area contributed by atoms with Crippen LogP contribution in [0.1, 0.15) is 61.3 Å². The number of carbonyl (C=O) groups excluding carboxylic acids is 4. The van der Waals surface area contributed by atoms with Crippen LogP contribution in [0, 0.1) is 0 Å². The number of anilines is 3. The Morgan fingerprint density at radius 2 is 1.44 bits per heavy atom. The molecule has 0 spiro atoms. The minimum Gasteiger partial charge on any atom is -0.449 e. The van der Waals surface area contributed by atoms with Crippen LogP contribution in [-0.4, -0.2) is 138 Å². The van der Waals surface area contributed by atoms with E-state index in [0.29, 0.717) is 63.4 Å². The average molecular weight is 633 g/mol. The zero-order valence-corrected chi connectivity index (χ0v) is 27.7. The van der Waals surface area contributed by atoms with Crippen molar-refractivity contribution < 1.29 is 33.4 Å². The van der Waals surface area contributed by atoms with Crippen molar-refractivity contribution >= 4 is 41.6 Å². The van der Waals surface area contributed by atoms with Gasteiger partial charge in [-0.25, -0.2) is 9.59 Å². The van der Waals surface area contributed by atoms with Gasteiger partial charge in [0.25, 0.3) is 5.91 Å². The van der Waals surface area contributed by atoms with Gasteiger partial charge in [0.15, 0.2) is 18.8 Å². The highest BCUT2D eigenvalue weighted by Gasteiger charge is 2.53. The van der Waals surface area contributed by atoms with E-state index in [4.69, 9.17) is 29.2 Å².